The lowest BCUT2D eigenvalue weighted by atomic mass is 9.76. The van der Waals surface area contributed by atoms with Gasteiger partial charge < -0.3 is 0 Å². The van der Waals surface area contributed by atoms with E-state index in [1.54, 1.807) is 0 Å². The Balaban J connectivity index is 4.12. The van der Waals surface area contributed by atoms with E-state index < -0.39 is 0 Å². The zero-order valence-electron chi connectivity index (χ0n) is 17.0. The van der Waals surface area contributed by atoms with Crippen LogP contribution >= 0.6 is 0 Å². The van der Waals surface area contributed by atoms with Crippen LogP contribution in [0.25, 0.3) is 0 Å². The summed E-state index contributed by atoms with van der Waals surface area (Å²) in [6, 6.07) is 0. The summed E-state index contributed by atoms with van der Waals surface area (Å²) in [5.41, 5.74) is 0. The van der Waals surface area contributed by atoms with Crippen LogP contribution < -0.4 is 0 Å². The SMILES string of the molecule is CCCCCCCCC(CCC(C(C)C)C(C)CC)C(C)C. The summed E-state index contributed by atoms with van der Waals surface area (Å²) in [6.45, 7) is 16.9. The van der Waals surface area contributed by atoms with Crippen LogP contribution in [-0.4, -0.2) is 0 Å². The van der Waals surface area contributed by atoms with E-state index in [0.29, 0.717) is 0 Å². The molecule has 0 spiro atoms. The van der Waals surface area contributed by atoms with Gasteiger partial charge in [-0.1, -0.05) is 99.8 Å². The summed E-state index contributed by atoms with van der Waals surface area (Å²) < 4.78 is 0. The van der Waals surface area contributed by atoms with Crippen LogP contribution in [0, 0.1) is 29.6 Å². The average molecular weight is 311 g/mol. The van der Waals surface area contributed by atoms with Gasteiger partial charge in [-0.25, -0.2) is 0 Å². The third kappa shape index (κ3) is 9.90. The van der Waals surface area contributed by atoms with Crippen LogP contribution in [0.3, 0.4) is 0 Å². The zero-order valence-corrected chi connectivity index (χ0v) is 17.0. The molecule has 0 heteroatoms. The second kappa shape index (κ2) is 13.4. The first-order chi connectivity index (χ1) is 10.4. The van der Waals surface area contributed by atoms with Gasteiger partial charge in [0.05, 0.1) is 0 Å². The van der Waals surface area contributed by atoms with E-state index in [9.17, 15) is 0 Å². The lowest BCUT2D eigenvalue weighted by Crippen LogP contribution is -2.20. The highest BCUT2D eigenvalue weighted by atomic mass is 14.3. The van der Waals surface area contributed by atoms with Crippen molar-refractivity contribution in [3.8, 4) is 0 Å². The van der Waals surface area contributed by atoms with Gasteiger partial charge in [0, 0.05) is 0 Å². The molecule has 0 radical (unpaired) electrons. The van der Waals surface area contributed by atoms with Crippen LogP contribution in [0.15, 0.2) is 0 Å². The molecule has 0 aromatic rings. The molecule has 0 aliphatic heterocycles. The average Bonchev–Trinajstić information content (AvgIpc) is 2.47. The molecule has 0 aliphatic carbocycles. The third-order valence-electron chi connectivity index (χ3n) is 5.97. The second-order valence-corrected chi connectivity index (χ2v) is 8.43. The molecule has 0 saturated heterocycles. The first-order valence-electron chi connectivity index (χ1n) is 10.4. The first kappa shape index (κ1) is 22.0. The van der Waals surface area contributed by atoms with Gasteiger partial charge in [0.15, 0.2) is 0 Å². The minimum absolute atomic E-state index is 0.844. The Morgan fingerprint density at radius 1 is 0.591 bits per heavy atom. The van der Waals surface area contributed by atoms with Crippen molar-refractivity contribution in [1.29, 1.82) is 0 Å². The predicted octanol–water partition coefficient (Wildman–Crippen LogP) is 8.11. The summed E-state index contributed by atoms with van der Waals surface area (Å²) in [4.78, 5) is 0. The Hall–Kier alpha value is 0. The van der Waals surface area contributed by atoms with E-state index in [0.717, 1.165) is 29.6 Å². The summed E-state index contributed by atoms with van der Waals surface area (Å²) in [7, 11) is 0. The molecule has 134 valence electrons. The van der Waals surface area contributed by atoms with Crippen molar-refractivity contribution in [2.75, 3.05) is 0 Å². The van der Waals surface area contributed by atoms with Gasteiger partial charge >= 0.3 is 0 Å². The molecule has 0 amide bonds. The summed E-state index contributed by atoms with van der Waals surface area (Å²) in [5, 5.41) is 0. The normalized spacial score (nSPS) is 16.2. The largest absolute Gasteiger partial charge is 0.0654 e. The van der Waals surface area contributed by atoms with E-state index in [1.165, 1.54) is 64.2 Å². The lowest BCUT2D eigenvalue weighted by Gasteiger charge is -2.30. The molecule has 0 nitrogen and oxygen atoms in total. The molecule has 0 heterocycles. The van der Waals surface area contributed by atoms with Crippen LogP contribution in [0.2, 0.25) is 0 Å². The predicted molar refractivity (Wildman–Crippen MR) is 103 cm³/mol. The quantitative estimate of drug-likeness (QED) is 0.284. The van der Waals surface area contributed by atoms with Crippen molar-refractivity contribution < 1.29 is 0 Å². The summed E-state index contributed by atoms with van der Waals surface area (Å²) in [6.07, 6.45) is 14.3. The minimum Gasteiger partial charge on any atom is -0.0654 e. The van der Waals surface area contributed by atoms with Crippen molar-refractivity contribution in [3.63, 3.8) is 0 Å². The summed E-state index contributed by atoms with van der Waals surface area (Å²) in [5.74, 6) is 4.48. The molecule has 22 heavy (non-hydrogen) atoms. The van der Waals surface area contributed by atoms with Crippen molar-refractivity contribution in [3.05, 3.63) is 0 Å². The van der Waals surface area contributed by atoms with Crippen LogP contribution in [-0.2, 0) is 0 Å². The Bertz CT molecular complexity index is 228. The van der Waals surface area contributed by atoms with Crippen LogP contribution in [0.1, 0.15) is 113 Å². The standard InChI is InChI=1S/C22H46/c1-8-10-11-12-13-14-15-21(18(3)4)16-17-22(19(5)6)20(7)9-2/h18-22H,8-17H2,1-7H3. The highest BCUT2D eigenvalue weighted by Gasteiger charge is 2.22. The highest BCUT2D eigenvalue weighted by Crippen LogP contribution is 2.32. The van der Waals surface area contributed by atoms with Gasteiger partial charge in [-0.3, -0.25) is 0 Å². The van der Waals surface area contributed by atoms with Crippen LogP contribution in [0.5, 0.6) is 0 Å². The Morgan fingerprint density at radius 2 is 1.18 bits per heavy atom. The van der Waals surface area contributed by atoms with Crippen molar-refractivity contribution in [2.45, 2.75) is 113 Å². The fraction of sp³-hybridized carbons (Fsp3) is 1.00. The number of rotatable bonds is 14. The topological polar surface area (TPSA) is 0 Å². The molecule has 3 unspecified atom stereocenters. The van der Waals surface area contributed by atoms with Crippen molar-refractivity contribution in [2.24, 2.45) is 29.6 Å². The molecule has 0 fully saturated rings. The highest BCUT2D eigenvalue weighted by molar-refractivity contribution is 4.72. The van der Waals surface area contributed by atoms with E-state index >= 15 is 0 Å². The van der Waals surface area contributed by atoms with Gasteiger partial charge in [-0.15, -0.1) is 0 Å². The Labute approximate surface area is 142 Å². The molecule has 0 aliphatic rings. The van der Waals surface area contributed by atoms with E-state index in [-0.39, 0.29) is 0 Å². The van der Waals surface area contributed by atoms with E-state index in [4.69, 9.17) is 0 Å². The monoisotopic (exact) mass is 310 g/mol. The Morgan fingerprint density at radius 3 is 1.68 bits per heavy atom. The molecule has 0 N–H and O–H groups in total. The summed E-state index contributed by atoms with van der Waals surface area (Å²) >= 11 is 0. The molecule has 0 saturated carbocycles. The maximum atomic E-state index is 2.46. The maximum Gasteiger partial charge on any atom is -0.0365 e. The third-order valence-corrected chi connectivity index (χ3v) is 5.97. The molecular formula is C22H46. The van der Waals surface area contributed by atoms with Gasteiger partial charge in [0.1, 0.15) is 0 Å². The first-order valence-corrected chi connectivity index (χ1v) is 10.4. The lowest BCUT2D eigenvalue weighted by molar-refractivity contribution is 0.209. The molecule has 0 aromatic carbocycles. The molecule has 0 rings (SSSR count). The minimum atomic E-state index is 0.844. The van der Waals surface area contributed by atoms with Gasteiger partial charge in [-0.05, 0) is 42.4 Å². The maximum absolute atomic E-state index is 2.46. The fourth-order valence-corrected chi connectivity index (χ4v) is 3.98. The molecule has 0 bridgehead atoms. The van der Waals surface area contributed by atoms with Crippen molar-refractivity contribution >= 4 is 0 Å². The van der Waals surface area contributed by atoms with Gasteiger partial charge in [-0.2, -0.15) is 0 Å². The Kier molecular flexibility index (Phi) is 13.4. The number of hydrogen-bond acceptors (Lipinski definition) is 0. The van der Waals surface area contributed by atoms with Crippen molar-refractivity contribution in [1.82, 2.24) is 0 Å². The number of hydrogen-bond donors (Lipinski definition) is 0. The van der Waals surface area contributed by atoms with E-state index in [2.05, 4.69) is 48.5 Å². The van der Waals surface area contributed by atoms with Crippen LogP contribution in [0.4, 0.5) is 0 Å². The fourth-order valence-electron chi connectivity index (χ4n) is 3.98. The zero-order chi connectivity index (χ0) is 17.0. The molecule has 3 atom stereocenters. The van der Waals surface area contributed by atoms with Gasteiger partial charge in [0.2, 0.25) is 0 Å². The molecular weight excluding hydrogens is 264 g/mol. The second-order valence-electron chi connectivity index (χ2n) is 8.43. The van der Waals surface area contributed by atoms with Gasteiger partial charge in [0.25, 0.3) is 0 Å². The van der Waals surface area contributed by atoms with E-state index in [1.807, 2.05) is 0 Å². The smallest absolute Gasteiger partial charge is 0.0365 e. The molecule has 0 aromatic heterocycles. The number of unbranched alkanes of at least 4 members (excludes halogenated alkanes) is 5.